The first-order valence-corrected chi connectivity index (χ1v) is 8.75. The Morgan fingerprint density at radius 2 is 2.14 bits per heavy atom. The van der Waals surface area contributed by atoms with Crippen LogP contribution in [0, 0.1) is 0 Å². The average molecular weight is 329 g/mol. The van der Waals surface area contributed by atoms with Crippen molar-refractivity contribution in [1.29, 1.82) is 0 Å². The highest BCUT2D eigenvalue weighted by atomic mass is 32.1. The molecule has 22 heavy (non-hydrogen) atoms. The first kappa shape index (κ1) is 15.3. The SMILES string of the molecule is C=C(C)CNC(=S)N1CCc2sccc2[C@H]1c1ccccc1. The summed E-state index contributed by atoms with van der Waals surface area (Å²) >= 11 is 7.50. The molecule has 1 atom stereocenters. The molecule has 1 aromatic carbocycles. The van der Waals surface area contributed by atoms with Crippen LogP contribution in [0.1, 0.15) is 29.0 Å². The van der Waals surface area contributed by atoms with E-state index < -0.39 is 0 Å². The Bertz CT molecular complexity index is 675. The molecule has 2 nitrogen and oxygen atoms in total. The fourth-order valence-electron chi connectivity index (χ4n) is 2.86. The van der Waals surface area contributed by atoms with E-state index in [1.165, 1.54) is 16.0 Å². The van der Waals surface area contributed by atoms with Gasteiger partial charge in [-0.1, -0.05) is 42.5 Å². The summed E-state index contributed by atoms with van der Waals surface area (Å²) in [5.74, 6) is 0. The Kier molecular flexibility index (Phi) is 4.60. The van der Waals surface area contributed by atoms with Crippen LogP contribution in [0.3, 0.4) is 0 Å². The maximum absolute atomic E-state index is 5.65. The Hall–Kier alpha value is -1.65. The van der Waals surface area contributed by atoms with E-state index in [1.807, 2.05) is 18.3 Å². The highest BCUT2D eigenvalue weighted by Gasteiger charge is 2.30. The molecule has 0 bridgehead atoms. The molecule has 3 rings (SSSR count). The molecule has 0 radical (unpaired) electrons. The highest BCUT2D eigenvalue weighted by molar-refractivity contribution is 7.80. The average Bonchev–Trinajstić information content (AvgIpc) is 3.01. The Balaban J connectivity index is 1.92. The summed E-state index contributed by atoms with van der Waals surface area (Å²) in [5, 5.41) is 6.34. The van der Waals surface area contributed by atoms with Crippen molar-refractivity contribution in [2.24, 2.45) is 0 Å². The molecule has 0 saturated heterocycles. The topological polar surface area (TPSA) is 15.3 Å². The van der Waals surface area contributed by atoms with Crippen LogP contribution < -0.4 is 5.32 Å². The van der Waals surface area contributed by atoms with Gasteiger partial charge in [0.1, 0.15) is 0 Å². The van der Waals surface area contributed by atoms with Crippen LogP contribution in [0.15, 0.2) is 53.9 Å². The number of fused-ring (bicyclic) bond motifs is 1. The molecule has 0 saturated carbocycles. The fourth-order valence-corrected chi connectivity index (χ4v) is 4.03. The van der Waals surface area contributed by atoms with Crippen LogP contribution in [0.2, 0.25) is 0 Å². The predicted octanol–water partition coefficient (Wildman–Crippen LogP) is 4.15. The van der Waals surface area contributed by atoms with E-state index in [-0.39, 0.29) is 6.04 Å². The predicted molar refractivity (Wildman–Crippen MR) is 98.4 cm³/mol. The van der Waals surface area contributed by atoms with Gasteiger partial charge >= 0.3 is 0 Å². The molecule has 4 heteroatoms. The molecular formula is C18H20N2S2. The zero-order valence-corrected chi connectivity index (χ0v) is 14.3. The van der Waals surface area contributed by atoms with Crippen molar-refractivity contribution in [1.82, 2.24) is 10.2 Å². The molecule has 114 valence electrons. The summed E-state index contributed by atoms with van der Waals surface area (Å²) in [6.45, 7) is 7.63. The van der Waals surface area contributed by atoms with Crippen molar-refractivity contribution in [3.05, 3.63) is 69.9 Å². The summed E-state index contributed by atoms with van der Waals surface area (Å²) < 4.78 is 0. The lowest BCUT2D eigenvalue weighted by molar-refractivity contribution is 0.337. The molecule has 0 spiro atoms. The zero-order chi connectivity index (χ0) is 15.5. The normalized spacial score (nSPS) is 17.0. The van der Waals surface area contributed by atoms with E-state index in [1.54, 1.807) is 0 Å². The monoisotopic (exact) mass is 328 g/mol. The van der Waals surface area contributed by atoms with Crippen molar-refractivity contribution < 1.29 is 0 Å². The molecule has 2 aromatic rings. The molecule has 1 aliphatic heterocycles. The van der Waals surface area contributed by atoms with Gasteiger partial charge in [-0.2, -0.15) is 0 Å². The summed E-state index contributed by atoms with van der Waals surface area (Å²) in [6, 6.07) is 13.1. The minimum Gasteiger partial charge on any atom is -0.359 e. The van der Waals surface area contributed by atoms with E-state index in [0.29, 0.717) is 0 Å². The van der Waals surface area contributed by atoms with Crippen molar-refractivity contribution in [3.63, 3.8) is 0 Å². The molecule has 0 unspecified atom stereocenters. The first-order chi connectivity index (χ1) is 10.7. The van der Waals surface area contributed by atoms with Crippen LogP contribution in [-0.2, 0) is 6.42 Å². The van der Waals surface area contributed by atoms with E-state index in [9.17, 15) is 0 Å². The largest absolute Gasteiger partial charge is 0.359 e. The van der Waals surface area contributed by atoms with Crippen LogP contribution in [0.25, 0.3) is 0 Å². The van der Waals surface area contributed by atoms with Crippen molar-refractivity contribution >= 4 is 28.7 Å². The molecule has 1 aliphatic rings. The van der Waals surface area contributed by atoms with Gasteiger partial charge in [0.2, 0.25) is 0 Å². The van der Waals surface area contributed by atoms with Gasteiger partial charge in [-0.15, -0.1) is 11.3 Å². The second-order valence-corrected chi connectivity index (χ2v) is 7.06. The standard InChI is InChI=1S/C18H20N2S2/c1-13(2)12-19-18(21)20-10-8-16-15(9-11-22-16)17(20)14-6-4-3-5-7-14/h3-7,9,11,17H,1,8,10,12H2,2H3,(H,19,21)/t17-/m1/s1. The van der Waals surface area contributed by atoms with Gasteiger partial charge in [0.15, 0.2) is 5.11 Å². The van der Waals surface area contributed by atoms with Gasteiger partial charge in [-0.05, 0) is 48.1 Å². The Morgan fingerprint density at radius 3 is 2.86 bits per heavy atom. The molecule has 0 fully saturated rings. The first-order valence-electron chi connectivity index (χ1n) is 7.47. The van der Waals surface area contributed by atoms with Gasteiger partial charge in [0.25, 0.3) is 0 Å². The number of hydrogen-bond donors (Lipinski definition) is 1. The number of thiocarbonyl (C=S) groups is 1. The maximum atomic E-state index is 5.65. The number of hydrogen-bond acceptors (Lipinski definition) is 2. The van der Waals surface area contributed by atoms with Crippen LogP contribution in [0.4, 0.5) is 0 Å². The van der Waals surface area contributed by atoms with Gasteiger partial charge in [0, 0.05) is 18.0 Å². The summed E-state index contributed by atoms with van der Waals surface area (Å²) in [7, 11) is 0. The van der Waals surface area contributed by atoms with Crippen LogP contribution in [0.5, 0.6) is 0 Å². The molecule has 1 aromatic heterocycles. The summed E-state index contributed by atoms with van der Waals surface area (Å²) in [4.78, 5) is 3.79. The third-order valence-electron chi connectivity index (χ3n) is 3.88. The molecule has 2 heterocycles. The van der Waals surface area contributed by atoms with E-state index in [0.717, 1.165) is 30.2 Å². The number of nitrogens with one attached hydrogen (secondary N) is 1. The lowest BCUT2D eigenvalue weighted by atomic mass is 9.94. The van der Waals surface area contributed by atoms with Crippen molar-refractivity contribution in [2.45, 2.75) is 19.4 Å². The number of thiophene rings is 1. The second kappa shape index (κ2) is 6.63. The molecule has 1 N–H and O–H groups in total. The maximum Gasteiger partial charge on any atom is 0.169 e. The Labute approximate surface area is 141 Å². The highest BCUT2D eigenvalue weighted by Crippen LogP contribution is 2.37. The van der Waals surface area contributed by atoms with E-state index in [2.05, 4.69) is 58.6 Å². The summed E-state index contributed by atoms with van der Waals surface area (Å²) in [6.07, 6.45) is 1.06. The van der Waals surface area contributed by atoms with Gasteiger partial charge in [-0.25, -0.2) is 0 Å². The molecular weight excluding hydrogens is 308 g/mol. The lowest BCUT2D eigenvalue weighted by Crippen LogP contribution is -2.45. The van der Waals surface area contributed by atoms with Crippen molar-refractivity contribution in [2.75, 3.05) is 13.1 Å². The minimum atomic E-state index is 0.210. The number of rotatable bonds is 3. The van der Waals surface area contributed by atoms with Gasteiger partial charge in [-0.3, -0.25) is 0 Å². The van der Waals surface area contributed by atoms with Crippen LogP contribution in [-0.4, -0.2) is 23.1 Å². The van der Waals surface area contributed by atoms with Gasteiger partial charge < -0.3 is 10.2 Å². The smallest absolute Gasteiger partial charge is 0.169 e. The Morgan fingerprint density at radius 1 is 1.36 bits per heavy atom. The van der Waals surface area contributed by atoms with Crippen LogP contribution >= 0.6 is 23.6 Å². The molecule has 0 aliphatic carbocycles. The van der Waals surface area contributed by atoms with Crippen molar-refractivity contribution in [3.8, 4) is 0 Å². The minimum absolute atomic E-state index is 0.210. The lowest BCUT2D eigenvalue weighted by Gasteiger charge is -2.38. The zero-order valence-electron chi connectivity index (χ0n) is 12.7. The van der Waals surface area contributed by atoms with E-state index in [4.69, 9.17) is 12.2 Å². The fraction of sp³-hybridized carbons (Fsp3) is 0.278. The van der Waals surface area contributed by atoms with E-state index >= 15 is 0 Å². The van der Waals surface area contributed by atoms with Gasteiger partial charge in [0.05, 0.1) is 6.04 Å². The third kappa shape index (κ3) is 3.08. The number of benzene rings is 1. The molecule has 0 amide bonds. The second-order valence-electron chi connectivity index (χ2n) is 5.67. The number of nitrogens with zero attached hydrogens (tertiary/aromatic N) is 1. The quantitative estimate of drug-likeness (QED) is 0.673. The third-order valence-corrected chi connectivity index (χ3v) is 5.26. The summed E-state index contributed by atoms with van der Waals surface area (Å²) in [5.41, 5.74) is 3.77.